The standard InChI is InChI=1S/C20H23N3O/c1-20(2,3)16-11-7-8-12-17(16)21-14-19-22-18(23-24-19)13-15-9-5-4-6-10-15/h4-12,21H,13-14H2,1-3H3. The van der Waals surface area contributed by atoms with E-state index in [1.807, 2.05) is 24.3 Å². The molecule has 4 nitrogen and oxygen atoms in total. The fraction of sp³-hybridized carbons (Fsp3) is 0.300. The Labute approximate surface area is 142 Å². The molecule has 0 fully saturated rings. The second-order valence-electron chi connectivity index (χ2n) is 6.92. The summed E-state index contributed by atoms with van der Waals surface area (Å²) in [5, 5.41) is 7.49. The quantitative estimate of drug-likeness (QED) is 0.748. The molecule has 2 aromatic carbocycles. The number of nitrogens with zero attached hydrogens (tertiary/aromatic N) is 2. The smallest absolute Gasteiger partial charge is 0.245 e. The van der Waals surface area contributed by atoms with Crippen LogP contribution in [0.25, 0.3) is 0 Å². The topological polar surface area (TPSA) is 51.0 Å². The van der Waals surface area contributed by atoms with Crippen LogP contribution in [0.15, 0.2) is 59.1 Å². The first-order chi connectivity index (χ1) is 11.5. The van der Waals surface area contributed by atoms with E-state index in [1.54, 1.807) is 0 Å². The summed E-state index contributed by atoms with van der Waals surface area (Å²) in [7, 11) is 0. The molecule has 0 saturated heterocycles. The van der Waals surface area contributed by atoms with Crippen LogP contribution < -0.4 is 5.32 Å². The molecule has 3 rings (SSSR count). The van der Waals surface area contributed by atoms with E-state index in [9.17, 15) is 0 Å². The number of hydrogen-bond acceptors (Lipinski definition) is 4. The Balaban J connectivity index is 1.66. The molecule has 0 atom stereocenters. The van der Waals surface area contributed by atoms with E-state index in [2.05, 4.69) is 66.6 Å². The number of aromatic nitrogens is 2. The summed E-state index contributed by atoms with van der Waals surface area (Å²) < 4.78 is 5.36. The Morgan fingerprint density at radius 3 is 2.42 bits per heavy atom. The third-order valence-electron chi connectivity index (χ3n) is 3.88. The highest BCUT2D eigenvalue weighted by atomic mass is 16.5. The first kappa shape index (κ1) is 16.2. The van der Waals surface area contributed by atoms with Crippen molar-refractivity contribution >= 4 is 5.69 Å². The molecule has 1 N–H and O–H groups in total. The molecule has 0 spiro atoms. The lowest BCUT2D eigenvalue weighted by atomic mass is 9.86. The maximum Gasteiger partial charge on any atom is 0.245 e. The maximum absolute atomic E-state index is 5.36. The number of anilines is 1. The van der Waals surface area contributed by atoms with Gasteiger partial charge in [-0.3, -0.25) is 0 Å². The molecule has 0 aliphatic heterocycles. The number of hydrogen-bond donors (Lipinski definition) is 1. The lowest BCUT2D eigenvalue weighted by Crippen LogP contribution is -2.14. The van der Waals surface area contributed by atoms with Gasteiger partial charge in [0.15, 0.2) is 5.82 Å². The summed E-state index contributed by atoms with van der Waals surface area (Å²) in [4.78, 5) is 4.47. The minimum atomic E-state index is 0.0803. The summed E-state index contributed by atoms with van der Waals surface area (Å²) in [6.45, 7) is 7.14. The van der Waals surface area contributed by atoms with Gasteiger partial charge < -0.3 is 9.84 Å². The Morgan fingerprint density at radius 2 is 1.67 bits per heavy atom. The number of rotatable bonds is 5. The minimum Gasteiger partial charge on any atom is -0.376 e. The molecule has 24 heavy (non-hydrogen) atoms. The van der Waals surface area contributed by atoms with Crippen LogP contribution in [-0.4, -0.2) is 10.1 Å². The van der Waals surface area contributed by atoms with E-state index < -0.39 is 0 Å². The largest absolute Gasteiger partial charge is 0.376 e. The monoisotopic (exact) mass is 321 g/mol. The molecular formula is C20H23N3O. The van der Waals surface area contributed by atoms with E-state index in [4.69, 9.17) is 4.52 Å². The van der Waals surface area contributed by atoms with Crippen molar-refractivity contribution in [1.82, 2.24) is 10.1 Å². The van der Waals surface area contributed by atoms with Gasteiger partial charge in [-0.05, 0) is 22.6 Å². The normalized spacial score (nSPS) is 11.5. The molecule has 4 heteroatoms. The number of nitrogens with one attached hydrogen (secondary N) is 1. The van der Waals surface area contributed by atoms with Crippen molar-refractivity contribution in [3.8, 4) is 0 Å². The summed E-state index contributed by atoms with van der Waals surface area (Å²) in [6, 6.07) is 18.5. The zero-order valence-electron chi connectivity index (χ0n) is 14.4. The van der Waals surface area contributed by atoms with Crippen molar-refractivity contribution in [3.63, 3.8) is 0 Å². The van der Waals surface area contributed by atoms with Crippen LogP contribution in [0.4, 0.5) is 5.69 Å². The second-order valence-corrected chi connectivity index (χ2v) is 6.92. The highest BCUT2D eigenvalue weighted by Crippen LogP contribution is 2.29. The molecule has 0 aliphatic rings. The summed E-state index contributed by atoms with van der Waals surface area (Å²) in [5.41, 5.74) is 3.63. The summed E-state index contributed by atoms with van der Waals surface area (Å²) in [6.07, 6.45) is 0.683. The van der Waals surface area contributed by atoms with Crippen LogP contribution in [0.5, 0.6) is 0 Å². The van der Waals surface area contributed by atoms with Crippen LogP contribution >= 0.6 is 0 Å². The van der Waals surface area contributed by atoms with Crippen molar-refractivity contribution in [3.05, 3.63) is 77.4 Å². The molecule has 1 heterocycles. The van der Waals surface area contributed by atoms with Crippen LogP contribution in [0, 0.1) is 0 Å². The van der Waals surface area contributed by atoms with Gasteiger partial charge in [0.2, 0.25) is 5.89 Å². The van der Waals surface area contributed by atoms with Crippen LogP contribution in [0.1, 0.15) is 43.6 Å². The third-order valence-corrected chi connectivity index (χ3v) is 3.88. The zero-order valence-corrected chi connectivity index (χ0v) is 14.4. The van der Waals surface area contributed by atoms with Gasteiger partial charge in [0.1, 0.15) is 0 Å². The van der Waals surface area contributed by atoms with Crippen molar-refractivity contribution in [2.75, 3.05) is 5.32 Å². The fourth-order valence-electron chi connectivity index (χ4n) is 2.67. The lowest BCUT2D eigenvalue weighted by Gasteiger charge is -2.23. The van der Waals surface area contributed by atoms with Gasteiger partial charge in [0.05, 0.1) is 6.54 Å². The first-order valence-electron chi connectivity index (χ1n) is 8.21. The molecule has 0 amide bonds. The van der Waals surface area contributed by atoms with Crippen LogP contribution in [0.2, 0.25) is 0 Å². The van der Waals surface area contributed by atoms with E-state index in [0.717, 1.165) is 5.69 Å². The Bertz CT molecular complexity index is 788. The van der Waals surface area contributed by atoms with Gasteiger partial charge in [-0.2, -0.15) is 4.98 Å². The van der Waals surface area contributed by atoms with Gasteiger partial charge in [-0.15, -0.1) is 0 Å². The number of para-hydroxylation sites is 1. The van der Waals surface area contributed by atoms with E-state index >= 15 is 0 Å². The zero-order chi connectivity index (χ0) is 17.0. The molecule has 0 aliphatic carbocycles. The second kappa shape index (κ2) is 6.87. The van der Waals surface area contributed by atoms with E-state index in [-0.39, 0.29) is 5.41 Å². The molecule has 0 unspecified atom stereocenters. The number of benzene rings is 2. The molecule has 0 bridgehead atoms. The van der Waals surface area contributed by atoms with Crippen molar-refractivity contribution in [2.24, 2.45) is 0 Å². The van der Waals surface area contributed by atoms with Gasteiger partial charge in [0.25, 0.3) is 0 Å². The summed E-state index contributed by atoms with van der Waals surface area (Å²) >= 11 is 0. The van der Waals surface area contributed by atoms with Gasteiger partial charge >= 0.3 is 0 Å². The van der Waals surface area contributed by atoms with Gasteiger partial charge in [0, 0.05) is 12.1 Å². The van der Waals surface area contributed by atoms with Gasteiger partial charge in [-0.1, -0.05) is 74.5 Å². The highest BCUT2D eigenvalue weighted by molar-refractivity contribution is 5.54. The SMILES string of the molecule is CC(C)(C)c1ccccc1NCc1nc(Cc2ccccc2)no1. The molecule has 3 aromatic rings. The Hall–Kier alpha value is -2.62. The molecule has 124 valence electrons. The Kier molecular flexibility index (Phi) is 4.65. The molecular weight excluding hydrogens is 298 g/mol. The molecule has 0 saturated carbocycles. The Morgan fingerprint density at radius 1 is 0.958 bits per heavy atom. The van der Waals surface area contributed by atoms with Crippen LogP contribution in [0.3, 0.4) is 0 Å². The van der Waals surface area contributed by atoms with E-state index in [0.29, 0.717) is 24.7 Å². The molecule has 1 aromatic heterocycles. The van der Waals surface area contributed by atoms with E-state index in [1.165, 1.54) is 11.1 Å². The predicted octanol–water partition coefficient (Wildman–Crippen LogP) is 4.57. The molecule has 0 radical (unpaired) electrons. The maximum atomic E-state index is 5.36. The van der Waals surface area contributed by atoms with Crippen molar-refractivity contribution in [2.45, 2.75) is 39.2 Å². The van der Waals surface area contributed by atoms with Crippen molar-refractivity contribution in [1.29, 1.82) is 0 Å². The van der Waals surface area contributed by atoms with Crippen LogP contribution in [-0.2, 0) is 18.4 Å². The highest BCUT2D eigenvalue weighted by Gasteiger charge is 2.17. The third kappa shape index (κ3) is 4.02. The lowest BCUT2D eigenvalue weighted by molar-refractivity contribution is 0.378. The van der Waals surface area contributed by atoms with Crippen molar-refractivity contribution < 1.29 is 4.52 Å². The first-order valence-corrected chi connectivity index (χ1v) is 8.21. The predicted molar refractivity (Wildman–Crippen MR) is 96.0 cm³/mol. The van der Waals surface area contributed by atoms with Gasteiger partial charge in [-0.25, -0.2) is 0 Å². The fourth-order valence-corrected chi connectivity index (χ4v) is 2.67. The average Bonchev–Trinajstić information content (AvgIpc) is 3.01. The summed E-state index contributed by atoms with van der Waals surface area (Å²) in [5.74, 6) is 1.31. The minimum absolute atomic E-state index is 0.0803. The average molecular weight is 321 g/mol.